The Morgan fingerprint density at radius 1 is 1.32 bits per heavy atom. The minimum atomic E-state index is -0.0806. The van der Waals surface area contributed by atoms with Crippen LogP contribution in [0.2, 0.25) is 0 Å². The molecule has 1 saturated heterocycles. The summed E-state index contributed by atoms with van der Waals surface area (Å²) in [6.45, 7) is 1.23. The molecule has 5 rings (SSSR count). The van der Waals surface area contributed by atoms with Crippen LogP contribution in [0.25, 0.3) is 0 Å². The van der Waals surface area contributed by atoms with E-state index in [-0.39, 0.29) is 23.0 Å². The zero-order valence-electron chi connectivity index (χ0n) is 13.2. The Balaban J connectivity index is 1.43. The van der Waals surface area contributed by atoms with Gasteiger partial charge in [-0.15, -0.1) is 0 Å². The fraction of sp³-hybridized carbons (Fsp3) is 0.882. The van der Waals surface area contributed by atoms with Crippen LogP contribution in [0, 0.1) is 23.2 Å². The number of likely N-dealkylation sites (tertiary alicyclic amines) is 1. The average Bonchev–Trinajstić information content (AvgIpc) is 2.81. The van der Waals surface area contributed by atoms with E-state index in [1.54, 1.807) is 0 Å². The van der Waals surface area contributed by atoms with Gasteiger partial charge in [0.05, 0.1) is 18.7 Å². The Labute approximate surface area is 132 Å². The van der Waals surface area contributed by atoms with E-state index in [4.69, 9.17) is 11.0 Å². The summed E-state index contributed by atoms with van der Waals surface area (Å²) in [5, 5.41) is 12.5. The van der Waals surface area contributed by atoms with E-state index in [9.17, 15) is 4.79 Å². The second-order valence-electron chi connectivity index (χ2n) is 8.41. The fourth-order valence-electron chi connectivity index (χ4n) is 6.16. The van der Waals surface area contributed by atoms with Gasteiger partial charge in [0.1, 0.15) is 0 Å². The normalized spacial score (nSPS) is 46.6. The molecule has 2 unspecified atom stereocenters. The van der Waals surface area contributed by atoms with Crippen molar-refractivity contribution in [3.8, 4) is 6.07 Å². The molecule has 5 heteroatoms. The lowest BCUT2D eigenvalue weighted by molar-refractivity contribution is -0.128. The highest BCUT2D eigenvalue weighted by molar-refractivity contribution is 5.79. The average molecular weight is 302 g/mol. The summed E-state index contributed by atoms with van der Waals surface area (Å²) in [4.78, 5) is 14.6. The number of nitriles is 1. The Kier molecular flexibility index (Phi) is 3.25. The number of nitrogens with one attached hydrogen (secondary N) is 1. The van der Waals surface area contributed by atoms with E-state index >= 15 is 0 Å². The molecular formula is C17H26N4O. The van der Waals surface area contributed by atoms with Crippen molar-refractivity contribution in [2.75, 3.05) is 13.1 Å². The molecule has 5 aliphatic rings. The first-order valence-corrected chi connectivity index (χ1v) is 8.73. The number of hydrogen-bond acceptors (Lipinski definition) is 4. The van der Waals surface area contributed by atoms with Crippen LogP contribution in [0.3, 0.4) is 0 Å². The molecule has 22 heavy (non-hydrogen) atoms. The minimum Gasteiger partial charge on any atom is -0.349 e. The summed E-state index contributed by atoms with van der Waals surface area (Å²) in [6, 6.07) is 2.23. The predicted octanol–water partition coefficient (Wildman–Crippen LogP) is 1.14. The number of nitrogens with two attached hydrogens (primary N) is 1. The molecule has 0 spiro atoms. The van der Waals surface area contributed by atoms with Crippen molar-refractivity contribution in [2.45, 2.75) is 68.5 Å². The molecule has 0 aromatic heterocycles. The fourth-order valence-corrected chi connectivity index (χ4v) is 6.16. The van der Waals surface area contributed by atoms with Crippen molar-refractivity contribution in [3.05, 3.63) is 0 Å². The van der Waals surface area contributed by atoms with E-state index in [0.717, 1.165) is 51.5 Å². The summed E-state index contributed by atoms with van der Waals surface area (Å²) in [7, 11) is 0. The van der Waals surface area contributed by atoms with Gasteiger partial charge < -0.3 is 11.1 Å². The Morgan fingerprint density at radius 2 is 2.05 bits per heavy atom. The van der Waals surface area contributed by atoms with E-state index in [0.29, 0.717) is 18.4 Å². The quantitative estimate of drug-likeness (QED) is 0.819. The maximum Gasteiger partial charge on any atom is 0.234 e. The van der Waals surface area contributed by atoms with Gasteiger partial charge >= 0.3 is 0 Å². The highest BCUT2D eigenvalue weighted by Gasteiger charge is 2.56. The van der Waals surface area contributed by atoms with Crippen LogP contribution in [0.15, 0.2) is 0 Å². The van der Waals surface area contributed by atoms with Crippen molar-refractivity contribution >= 4 is 5.91 Å². The van der Waals surface area contributed by atoms with Crippen LogP contribution in [0.5, 0.6) is 0 Å². The monoisotopic (exact) mass is 302 g/mol. The molecule has 1 amide bonds. The number of carbonyl (C=O) groups is 1. The van der Waals surface area contributed by atoms with Crippen LogP contribution in [0.4, 0.5) is 0 Å². The van der Waals surface area contributed by atoms with E-state index in [2.05, 4.69) is 11.4 Å². The topological polar surface area (TPSA) is 82.2 Å². The molecule has 1 heterocycles. The van der Waals surface area contributed by atoms with Gasteiger partial charge in [-0.05, 0) is 63.2 Å². The molecule has 0 radical (unpaired) electrons. The van der Waals surface area contributed by atoms with Crippen molar-refractivity contribution in [1.29, 1.82) is 5.26 Å². The first-order chi connectivity index (χ1) is 10.5. The van der Waals surface area contributed by atoms with Gasteiger partial charge in [0.25, 0.3) is 0 Å². The molecule has 3 atom stereocenters. The van der Waals surface area contributed by atoms with Gasteiger partial charge in [-0.25, -0.2) is 0 Å². The standard InChI is InChI=1S/C17H26N4O/c18-9-14-2-1-3-21(14)10-15(22)20-17-7-12-4-13(8-17)6-16(19,5-12)11-17/h12-14H,1-8,10-11,19H2,(H,20,22)/t12?,13?,14-,16?,17?/m0/s1. The summed E-state index contributed by atoms with van der Waals surface area (Å²) < 4.78 is 0. The molecule has 1 aliphatic heterocycles. The second kappa shape index (κ2) is 4.94. The van der Waals surface area contributed by atoms with Crippen LogP contribution in [-0.4, -0.2) is 41.0 Å². The molecule has 120 valence electrons. The predicted molar refractivity (Wildman–Crippen MR) is 82.7 cm³/mol. The number of nitrogens with zero attached hydrogens (tertiary/aromatic N) is 2. The second-order valence-corrected chi connectivity index (χ2v) is 8.41. The third kappa shape index (κ3) is 2.43. The van der Waals surface area contributed by atoms with E-state index in [1.807, 2.05) is 4.90 Å². The van der Waals surface area contributed by atoms with E-state index < -0.39 is 0 Å². The van der Waals surface area contributed by atoms with E-state index in [1.165, 1.54) is 6.42 Å². The third-order valence-corrected chi connectivity index (χ3v) is 6.37. The van der Waals surface area contributed by atoms with Crippen LogP contribution in [-0.2, 0) is 4.79 Å². The lowest BCUT2D eigenvalue weighted by atomic mass is 9.50. The van der Waals surface area contributed by atoms with Crippen LogP contribution in [0.1, 0.15) is 51.4 Å². The number of hydrogen-bond donors (Lipinski definition) is 2. The zero-order chi connectivity index (χ0) is 15.4. The molecule has 4 aliphatic carbocycles. The summed E-state index contributed by atoms with van der Waals surface area (Å²) in [5.74, 6) is 1.49. The van der Waals surface area contributed by atoms with Crippen molar-refractivity contribution in [1.82, 2.24) is 10.2 Å². The molecule has 4 bridgehead atoms. The molecule has 5 nitrogen and oxygen atoms in total. The van der Waals surface area contributed by atoms with Gasteiger partial charge in [0.2, 0.25) is 5.91 Å². The summed E-state index contributed by atoms with van der Waals surface area (Å²) in [5.41, 5.74) is 6.48. The van der Waals surface area contributed by atoms with Gasteiger partial charge in [-0.3, -0.25) is 9.69 Å². The number of rotatable bonds is 3. The van der Waals surface area contributed by atoms with Crippen LogP contribution >= 0.6 is 0 Å². The smallest absolute Gasteiger partial charge is 0.234 e. The molecule has 0 aromatic rings. The third-order valence-electron chi connectivity index (χ3n) is 6.37. The van der Waals surface area contributed by atoms with Crippen LogP contribution < -0.4 is 11.1 Å². The maximum absolute atomic E-state index is 12.5. The van der Waals surface area contributed by atoms with Crippen molar-refractivity contribution in [2.24, 2.45) is 17.6 Å². The highest BCUT2D eigenvalue weighted by atomic mass is 16.2. The summed E-state index contributed by atoms with van der Waals surface area (Å²) in [6.07, 6.45) is 8.66. The van der Waals surface area contributed by atoms with Gasteiger partial charge in [-0.2, -0.15) is 5.26 Å². The van der Waals surface area contributed by atoms with Gasteiger partial charge in [-0.1, -0.05) is 0 Å². The molecule has 0 aromatic carbocycles. The van der Waals surface area contributed by atoms with Crippen molar-refractivity contribution < 1.29 is 4.79 Å². The minimum absolute atomic E-state index is 0.0415. The number of amides is 1. The van der Waals surface area contributed by atoms with Gasteiger partial charge in [0, 0.05) is 17.6 Å². The molecule has 4 saturated carbocycles. The SMILES string of the molecule is N#C[C@@H]1CCCN1CC(=O)NC12CC3CC(CC(N)(C3)C1)C2. The first-order valence-electron chi connectivity index (χ1n) is 8.73. The van der Waals surface area contributed by atoms with Gasteiger partial charge in [0.15, 0.2) is 0 Å². The lowest BCUT2D eigenvalue weighted by Crippen LogP contribution is -2.68. The Bertz CT molecular complexity index is 511. The highest BCUT2D eigenvalue weighted by Crippen LogP contribution is 2.56. The first kappa shape index (κ1) is 14.5. The Morgan fingerprint density at radius 3 is 2.68 bits per heavy atom. The zero-order valence-corrected chi connectivity index (χ0v) is 13.2. The maximum atomic E-state index is 12.5. The molecular weight excluding hydrogens is 276 g/mol. The summed E-state index contributed by atoms with van der Waals surface area (Å²) >= 11 is 0. The number of carbonyl (C=O) groups excluding carboxylic acids is 1. The lowest BCUT2D eigenvalue weighted by Gasteiger charge is -2.61. The molecule has 5 fully saturated rings. The van der Waals surface area contributed by atoms with Crippen molar-refractivity contribution in [3.63, 3.8) is 0 Å². The Hall–Kier alpha value is -1.12. The molecule has 3 N–H and O–H groups in total. The largest absolute Gasteiger partial charge is 0.349 e.